The number of carbonyl (C=O) groups excluding carboxylic acids is 1. The molecule has 0 radical (unpaired) electrons. The average molecular weight is 357 g/mol. The Balaban J connectivity index is 2.47. The smallest absolute Gasteiger partial charge is 0.409 e. The van der Waals surface area contributed by atoms with E-state index in [0.29, 0.717) is 0 Å². The molecule has 0 spiro atoms. The summed E-state index contributed by atoms with van der Waals surface area (Å²) in [6, 6.07) is 7.75. The Morgan fingerprint density at radius 3 is 2.52 bits per heavy atom. The van der Waals surface area contributed by atoms with Crippen LogP contribution >= 0.6 is 15.9 Å². The molecule has 0 aliphatic rings. The van der Waals surface area contributed by atoms with Crippen molar-refractivity contribution >= 4 is 28.1 Å². The maximum atomic E-state index is 11.6. The summed E-state index contributed by atoms with van der Waals surface area (Å²) in [7, 11) is 0. The number of amides is 1. The second kappa shape index (κ2) is 8.05. The van der Waals surface area contributed by atoms with E-state index in [-0.39, 0.29) is 6.61 Å². The monoisotopic (exact) mass is 356 g/mol. The second-order valence-corrected chi connectivity index (χ2v) is 6.35. The highest BCUT2D eigenvalue weighted by Gasteiger charge is 2.18. The van der Waals surface area contributed by atoms with Gasteiger partial charge in [0.1, 0.15) is 11.8 Å². The highest BCUT2D eigenvalue weighted by molar-refractivity contribution is 9.10. The Bertz CT molecular complexity index is 481. The minimum absolute atomic E-state index is 0.246. The van der Waals surface area contributed by atoms with E-state index in [2.05, 4.69) is 26.6 Å². The zero-order valence-electron chi connectivity index (χ0n) is 12.4. The lowest BCUT2D eigenvalue weighted by Crippen LogP contribution is -2.47. The molecule has 0 aliphatic heterocycles. The van der Waals surface area contributed by atoms with Gasteiger partial charge in [0.2, 0.25) is 0 Å². The molecule has 0 saturated carbocycles. The fourth-order valence-electron chi connectivity index (χ4n) is 1.42. The van der Waals surface area contributed by atoms with Crippen LogP contribution in [0.4, 0.5) is 4.79 Å². The first-order valence-corrected chi connectivity index (χ1v) is 7.38. The number of rotatable bonds is 5. The molecule has 3 N–H and O–H groups in total. The van der Waals surface area contributed by atoms with Crippen LogP contribution in [0.3, 0.4) is 0 Å². The molecular weight excluding hydrogens is 336 g/mol. The average Bonchev–Trinajstić information content (AvgIpc) is 2.37. The van der Waals surface area contributed by atoms with Crippen LogP contribution in [-0.4, -0.2) is 29.6 Å². The van der Waals surface area contributed by atoms with Crippen LogP contribution in [0.15, 0.2) is 34.9 Å². The summed E-state index contributed by atoms with van der Waals surface area (Å²) in [6.45, 7) is 5.09. The number of carbonyl (C=O) groups is 1. The van der Waals surface area contributed by atoms with Crippen LogP contribution in [0, 0.1) is 0 Å². The van der Waals surface area contributed by atoms with E-state index in [0.717, 1.165) is 10.0 Å². The number of alkyl carbamates (subject to hydrolysis) is 1. The first-order chi connectivity index (χ1) is 9.80. The van der Waals surface area contributed by atoms with Crippen molar-refractivity contribution in [3.05, 3.63) is 40.5 Å². The Hall–Kier alpha value is -1.53. The van der Waals surface area contributed by atoms with Crippen LogP contribution in [0.25, 0.3) is 6.08 Å². The Morgan fingerprint density at radius 1 is 1.38 bits per heavy atom. The van der Waals surface area contributed by atoms with E-state index in [4.69, 9.17) is 4.74 Å². The minimum atomic E-state index is -0.605. The number of aliphatic hydroxyl groups excluding tert-OH is 1. The fourth-order valence-corrected chi connectivity index (χ4v) is 1.69. The maximum Gasteiger partial charge on any atom is 0.409 e. The van der Waals surface area contributed by atoms with Gasteiger partial charge in [0.25, 0.3) is 0 Å². The number of nitrogens with one attached hydrogen (secondary N) is 2. The van der Waals surface area contributed by atoms with Gasteiger partial charge in [-0.05, 0) is 50.7 Å². The van der Waals surface area contributed by atoms with Crippen molar-refractivity contribution < 1.29 is 14.6 Å². The van der Waals surface area contributed by atoms with Gasteiger partial charge in [0.15, 0.2) is 0 Å². The molecule has 0 aliphatic carbocycles. The van der Waals surface area contributed by atoms with E-state index < -0.39 is 17.9 Å². The summed E-state index contributed by atoms with van der Waals surface area (Å²) in [5.74, 6) is 0. The second-order valence-electron chi connectivity index (χ2n) is 5.43. The van der Waals surface area contributed by atoms with Crippen LogP contribution in [0.1, 0.15) is 26.3 Å². The highest BCUT2D eigenvalue weighted by atomic mass is 79.9. The molecule has 6 heteroatoms. The van der Waals surface area contributed by atoms with Crippen LogP contribution in [0.2, 0.25) is 0 Å². The van der Waals surface area contributed by atoms with Crippen LogP contribution < -0.4 is 10.6 Å². The summed E-state index contributed by atoms with van der Waals surface area (Å²) < 4.78 is 6.12. The lowest BCUT2D eigenvalue weighted by Gasteiger charge is -2.22. The van der Waals surface area contributed by atoms with E-state index >= 15 is 0 Å². The van der Waals surface area contributed by atoms with Crippen molar-refractivity contribution in [3.8, 4) is 0 Å². The number of ether oxygens (including phenoxy) is 1. The summed E-state index contributed by atoms with van der Waals surface area (Å²) in [5.41, 5.74) is 0.428. The number of halogens is 1. The summed E-state index contributed by atoms with van der Waals surface area (Å²) in [6.07, 6.45) is 2.32. The van der Waals surface area contributed by atoms with Crippen molar-refractivity contribution in [2.24, 2.45) is 0 Å². The Labute approximate surface area is 133 Å². The fraction of sp³-hybridized carbons (Fsp3) is 0.400. The number of hydrogen-bond donors (Lipinski definition) is 3. The molecule has 0 bridgehead atoms. The SMILES string of the molecule is CC(C)(C)OC(=O)NC(CO)N/C=C/c1ccc(Br)cc1. The molecule has 1 aromatic carbocycles. The Kier molecular flexibility index (Phi) is 6.71. The van der Waals surface area contributed by atoms with Crippen molar-refractivity contribution in [2.75, 3.05) is 6.61 Å². The molecule has 1 amide bonds. The van der Waals surface area contributed by atoms with Gasteiger partial charge in [0, 0.05) is 4.47 Å². The quantitative estimate of drug-likeness (QED) is 0.709. The van der Waals surface area contributed by atoms with E-state index in [1.165, 1.54) is 0 Å². The van der Waals surface area contributed by atoms with Gasteiger partial charge in [-0.1, -0.05) is 28.1 Å². The number of hydrogen-bond acceptors (Lipinski definition) is 4. The van der Waals surface area contributed by atoms with Crippen molar-refractivity contribution in [2.45, 2.75) is 32.5 Å². The number of benzene rings is 1. The molecule has 116 valence electrons. The first-order valence-electron chi connectivity index (χ1n) is 6.59. The predicted octanol–water partition coefficient (Wildman–Crippen LogP) is 2.85. The van der Waals surface area contributed by atoms with Gasteiger partial charge in [-0.3, -0.25) is 5.32 Å². The lowest BCUT2D eigenvalue weighted by atomic mass is 10.2. The third kappa shape index (κ3) is 7.72. The number of aliphatic hydroxyl groups is 1. The van der Waals surface area contributed by atoms with Gasteiger partial charge in [-0.2, -0.15) is 0 Å². The highest BCUT2D eigenvalue weighted by Crippen LogP contribution is 2.11. The first kappa shape index (κ1) is 17.5. The van der Waals surface area contributed by atoms with Gasteiger partial charge < -0.3 is 15.2 Å². The van der Waals surface area contributed by atoms with Crippen molar-refractivity contribution in [1.29, 1.82) is 0 Å². The molecule has 0 fully saturated rings. The summed E-state index contributed by atoms with van der Waals surface area (Å²) in [4.78, 5) is 11.6. The van der Waals surface area contributed by atoms with Gasteiger partial charge in [0.05, 0.1) is 6.61 Å². The van der Waals surface area contributed by atoms with Gasteiger partial charge in [-0.25, -0.2) is 4.79 Å². The van der Waals surface area contributed by atoms with Crippen molar-refractivity contribution in [3.63, 3.8) is 0 Å². The molecule has 1 atom stereocenters. The molecular formula is C15H21BrN2O3. The minimum Gasteiger partial charge on any atom is -0.444 e. The lowest BCUT2D eigenvalue weighted by molar-refractivity contribution is 0.0474. The largest absolute Gasteiger partial charge is 0.444 e. The molecule has 1 rings (SSSR count). The van der Waals surface area contributed by atoms with E-state index in [1.54, 1.807) is 27.0 Å². The van der Waals surface area contributed by atoms with Crippen LogP contribution in [-0.2, 0) is 4.74 Å². The standard InChI is InChI=1S/C15H21BrN2O3/c1-15(2,3)21-14(20)18-13(10-19)17-9-8-11-4-6-12(16)7-5-11/h4-9,13,17,19H,10H2,1-3H3,(H,18,20)/b9-8+. The molecule has 0 aromatic heterocycles. The molecule has 1 aromatic rings. The third-order valence-electron chi connectivity index (χ3n) is 2.32. The van der Waals surface area contributed by atoms with E-state index in [9.17, 15) is 9.90 Å². The molecule has 5 nitrogen and oxygen atoms in total. The third-order valence-corrected chi connectivity index (χ3v) is 2.85. The Morgan fingerprint density at radius 2 is 2.00 bits per heavy atom. The molecule has 0 saturated heterocycles. The zero-order valence-corrected chi connectivity index (χ0v) is 14.0. The summed E-state index contributed by atoms with van der Waals surface area (Å²) in [5, 5.41) is 14.7. The molecule has 0 heterocycles. The predicted molar refractivity (Wildman–Crippen MR) is 86.6 cm³/mol. The normalized spacial score (nSPS) is 13.0. The zero-order chi connectivity index (χ0) is 15.9. The van der Waals surface area contributed by atoms with Gasteiger partial charge in [-0.15, -0.1) is 0 Å². The summed E-state index contributed by atoms with van der Waals surface area (Å²) >= 11 is 3.36. The van der Waals surface area contributed by atoms with Gasteiger partial charge >= 0.3 is 6.09 Å². The van der Waals surface area contributed by atoms with Crippen molar-refractivity contribution in [1.82, 2.24) is 10.6 Å². The maximum absolute atomic E-state index is 11.6. The molecule has 21 heavy (non-hydrogen) atoms. The molecule has 1 unspecified atom stereocenters. The topological polar surface area (TPSA) is 70.6 Å². The van der Waals surface area contributed by atoms with E-state index in [1.807, 2.05) is 30.3 Å². The van der Waals surface area contributed by atoms with Crippen LogP contribution in [0.5, 0.6) is 0 Å².